The molecule has 0 spiro atoms. The fraction of sp³-hybridized carbons (Fsp3) is 0.938. The third kappa shape index (κ3) is 5.58. The number of carbonyl (C=O) groups is 1. The van der Waals surface area contributed by atoms with E-state index in [9.17, 15) is 4.79 Å². The number of halogens is 1. The van der Waals surface area contributed by atoms with Crippen LogP contribution < -0.4 is 0 Å². The maximum Gasteiger partial charge on any atom is 0.410 e. The largest absolute Gasteiger partial charge is 0.444 e. The number of likely N-dealkylation sites (tertiary alicyclic amines) is 1. The molecule has 0 N–H and O–H groups in total. The number of alkyl halides is 1. The third-order valence-electron chi connectivity index (χ3n) is 4.02. The number of hydrogen-bond acceptors (Lipinski definition) is 3. The van der Waals surface area contributed by atoms with Crippen molar-refractivity contribution in [3.8, 4) is 0 Å². The Kier molecular flexibility index (Phi) is 6.17. The fourth-order valence-electron chi connectivity index (χ4n) is 2.96. The fourth-order valence-corrected chi connectivity index (χ4v) is 3.84. The van der Waals surface area contributed by atoms with Crippen LogP contribution in [0.15, 0.2) is 0 Å². The highest BCUT2D eigenvalue weighted by Crippen LogP contribution is 2.28. The smallest absolute Gasteiger partial charge is 0.410 e. The van der Waals surface area contributed by atoms with E-state index in [0.29, 0.717) is 16.6 Å². The van der Waals surface area contributed by atoms with Gasteiger partial charge in [-0.2, -0.15) is 0 Å². The van der Waals surface area contributed by atoms with E-state index in [4.69, 9.17) is 9.47 Å². The van der Waals surface area contributed by atoms with Crippen molar-refractivity contribution in [2.45, 2.75) is 81.0 Å². The minimum Gasteiger partial charge on any atom is -0.444 e. The molecule has 2 rings (SSSR count). The van der Waals surface area contributed by atoms with Crippen molar-refractivity contribution in [2.75, 3.05) is 13.1 Å². The highest BCUT2D eigenvalue weighted by atomic mass is 127. The lowest BCUT2D eigenvalue weighted by atomic mass is 10.1. The number of carbonyl (C=O) groups excluding carboxylic acids is 1. The molecule has 2 unspecified atom stereocenters. The molecule has 1 saturated carbocycles. The standard InChI is InChI=1S/C16H28INO3/c1-16(2,3)21-15(19)18-10-13(17)14(11-18)20-12-8-6-4-5-7-9-12/h12-14H,4-11H2,1-3H3. The minimum absolute atomic E-state index is 0.154. The van der Waals surface area contributed by atoms with Crippen molar-refractivity contribution in [1.82, 2.24) is 4.90 Å². The molecular weight excluding hydrogens is 381 g/mol. The van der Waals surface area contributed by atoms with Crippen molar-refractivity contribution in [3.05, 3.63) is 0 Å². The second-order valence-corrected chi connectivity index (χ2v) is 8.79. The maximum atomic E-state index is 12.1. The second-order valence-electron chi connectivity index (χ2n) is 7.19. The van der Waals surface area contributed by atoms with E-state index in [2.05, 4.69) is 22.6 Å². The van der Waals surface area contributed by atoms with E-state index in [-0.39, 0.29) is 12.2 Å². The van der Waals surface area contributed by atoms with Crippen LogP contribution in [-0.4, -0.2) is 45.8 Å². The van der Waals surface area contributed by atoms with Gasteiger partial charge < -0.3 is 14.4 Å². The molecule has 2 fully saturated rings. The van der Waals surface area contributed by atoms with Crippen LogP contribution in [0.5, 0.6) is 0 Å². The molecule has 0 bridgehead atoms. The Bertz CT molecular complexity index is 348. The Morgan fingerprint density at radius 2 is 1.71 bits per heavy atom. The summed E-state index contributed by atoms with van der Waals surface area (Å²) in [4.78, 5) is 13.9. The molecule has 1 aliphatic heterocycles. The molecule has 0 radical (unpaired) electrons. The van der Waals surface area contributed by atoms with Gasteiger partial charge in [0.25, 0.3) is 0 Å². The summed E-state index contributed by atoms with van der Waals surface area (Å²) in [5.41, 5.74) is -0.432. The molecule has 2 aliphatic rings. The first kappa shape index (κ1) is 17.3. The number of rotatable bonds is 2. The van der Waals surface area contributed by atoms with Gasteiger partial charge >= 0.3 is 6.09 Å². The SMILES string of the molecule is CC(C)(C)OC(=O)N1CC(I)C(OC2CCCCCC2)C1. The third-order valence-corrected chi connectivity index (χ3v) is 5.22. The van der Waals surface area contributed by atoms with Gasteiger partial charge in [0, 0.05) is 6.54 Å². The van der Waals surface area contributed by atoms with Gasteiger partial charge in [-0.3, -0.25) is 0 Å². The molecule has 1 saturated heterocycles. The Morgan fingerprint density at radius 1 is 1.10 bits per heavy atom. The number of ether oxygens (including phenoxy) is 2. The Labute approximate surface area is 142 Å². The van der Waals surface area contributed by atoms with Crippen LogP contribution in [0.3, 0.4) is 0 Å². The zero-order valence-electron chi connectivity index (χ0n) is 13.4. The van der Waals surface area contributed by atoms with Gasteiger partial charge in [0.05, 0.1) is 22.7 Å². The van der Waals surface area contributed by atoms with Crippen LogP contribution in [-0.2, 0) is 9.47 Å². The van der Waals surface area contributed by atoms with Crippen LogP contribution in [0.4, 0.5) is 4.79 Å². The second kappa shape index (κ2) is 7.49. The molecule has 2 atom stereocenters. The zero-order valence-corrected chi connectivity index (χ0v) is 15.6. The molecule has 5 heteroatoms. The van der Waals surface area contributed by atoms with Crippen LogP contribution in [0.2, 0.25) is 0 Å². The molecule has 0 aromatic carbocycles. The summed E-state index contributed by atoms with van der Waals surface area (Å²) in [5.74, 6) is 0. The Hall–Kier alpha value is -0.0400. The van der Waals surface area contributed by atoms with E-state index in [1.54, 1.807) is 4.90 Å². The Balaban J connectivity index is 1.84. The van der Waals surface area contributed by atoms with Gasteiger partial charge in [-0.05, 0) is 33.6 Å². The minimum atomic E-state index is -0.432. The normalized spacial score (nSPS) is 28.5. The first-order valence-corrected chi connectivity index (χ1v) is 9.37. The quantitative estimate of drug-likeness (QED) is 0.391. The topological polar surface area (TPSA) is 38.8 Å². The van der Waals surface area contributed by atoms with Gasteiger partial charge in [0.2, 0.25) is 0 Å². The van der Waals surface area contributed by atoms with Crippen molar-refractivity contribution in [2.24, 2.45) is 0 Å². The average Bonchev–Trinajstić information content (AvgIpc) is 2.59. The lowest BCUT2D eigenvalue weighted by molar-refractivity contribution is -0.0141. The summed E-state index contributed by atoms with van der Waals surface area (Å²) in [5, 5.41) is 0. The molecule has 1 amide bonds. The highest BCUT2D eigenvalue weighted by Gasteiger charge is 2.37. The van der Waals surface area contributed by atoms with Gasteiger partial charge in [0.1, 0.15) is 5.60 Å². The van der Waals surface area contributed by atoms with Gasteiger partial charge in [-0.1, -0.05) is 48.3 Å². The number of hydrogen-bond donors (Lipinski definition) is 0. The van der Waals surface area contributed by atoms with Gasteiger partial charge in [0.15, 0.2) is 0 Å². The van der Waals surface area contributed by atoms with Crippen LogP contribution in [0.25, 0.3) is 0 Å². The van der Waals surface area contributed by atoms with Gasteiger partial charge in [-0.25, -0.2) is 4.79 Å². The number of amides is 1. The summed E-state index contributed by atoms with van der Waals surface area (Å²) in [6.45, 7) is 7.11. The first-order chi connectivity index (χ1) is 9.85. The monoisotopic (exact) mass is 409 g/mol. The summed E-state index contributed by atoms with van der Waals surface area (Å²) in [7, 11) is 0. The van der Waals surface area contributed by atoms with Gasteiger partial charge in [-0.15, -0.1) is 0 Å². The molecule has 4 nitrogen and oxygen atoms in total. The van der Waals surface area contributed by atoms with Crippen LogP contribution in [0.1, 0.15) is 59.3 Å². The van der Waals surface area contributed by atoms with E-state index < -0.39 is 5.60 Å². The highest BCUT2D eigenvalue weighted by molar-refractivity contribution is 14.1. The summed E-state index contributed by atoms with van der Waals surface area (Å²) in [6, 6.07) is 0. The summed E-state index contributed by atoms with van der Waals surface area (Å²) in [6.07, 6.45) is 7.90. The van der Waals surface area contributed by atoms with Crippen molar-refractivity contribution < 1.29 is 14.3 Å². The van der Waals surface area contributed by atoms with Crippen molar-refractivity contribution in [3.63, 3.8) is 0 Å². The average molecular weight is 409 g/mol. The zero-order chi connectivity index (χ0) is 15.5. The Morgan fingerprint density at radius 3 is 2.29 bits per heavy atom. The summed E-state index contributed by atoms with van der Waals surface area (Å²) < 4.78 is 12.1. The lowest BCUT2D eigenvalue weighted by Crippen LogP contribution is -2.36. The lowest BCUT2D eigenvalue weighted by Gasteiger charge is -2.25. The molecular formula is C16H28INO3. The van der Waals surface area contributed by atoms with E-state index in [1.807, 2.05) is 20.8 Å². The van der Waals surface area contributed by atoms with Crippen molar-refractivity contribution in [1.29, 1.82) is 0 Å². The molecule has 122 valence electrons. The molecule has 1 heterocycles. The first-order valence-electron chi connectivity index (χ1n) is 8.12. The van der Waals surface area contributed by atoms with Crippen LogP contribution in [0, 0.1) is 0 Å². The van der Waals surface area contributed by atoms with E-state index >= 15 is 0 Å². The predicted molar refractivity (Wildman–Crippen MR) is 92.0 cm³/mol. The molecule has 0 aromatic heterocycles. The predicted octanol–water partition coefficient (Wildman–Crippen LogP) is 4.15. The number of nitrogens with zero attached hydrogens (tertiary/aromatic N) is 1. The van der Waals surface area contributed by atoms with Crippen LogP contribution >= 0.6 is 22.6 Å². The molecule has 21 heavy (non-hydrogen) atoms. The molecule has 0 aromatic rings. The van der Waals surface area contributed by atoms with E-state index in [1.165, 1.54) is 38.5 Å². The maximum absolute atomic E-state index is 12.1. The summed E-state index contributed by atoms with van der Waals surface area (Å²) >= 11 is 2.41. The van der Waals surface area contributed by atoms with Crippen molar-refractivity contribution >= 4 is 28.7 Å². The van der Waals surface area contributed by atoms with E-state index in [0.717, 1.165) is 6.54 Å². The molecule has 1 aliphatic carbocycles.